The van der Waals surface area contributed by atoms with Crippen molar-refractivity contribution < 1.29 is 13.2 Å². The van der Waals surface area contributed by atoms with Gasteiger partial charge in [-0.3, -0.25) is 4.79 Å². The summed E-state index contributed by atoms with van der Waals surface area (Å²) in [7, 11) is -3.82. The van der Waals surface area contributed by atoms with E-state index in [0.29, 0.717) is 5.69 Å². The number of likely N-dealkylation sites (N-methyl/N-ethyl adjacent to an activating group) is 1. The summed E-state index contributed by atoms with van der Waals surface area (Å²) in [5, 5.41) is 4.68. The normalized spacial score (nSPS) is 11.6. The molecule has 0 radical (unpaired) electrons. The molecule has 0 aliphatic heterocycles. The molecule has 0 aliphatic rings. The molecule has 0 bridgehead atoms. The van der Waals surface area contributed by atoms with E-state index in [4.69, 9.17) is 0 Å². The number of carbonyl (C=O) groups excluding carboxylic acids is 1. The van der Waals surface area contributed by atoms with E-state index in [1.807, 2.05) is 78.9 Å². The van der Waals surface area contributed by atoms with Crippen molar-refractivity contribution in [1.29, 1.82) is 0 Å². The van der Waals surface area contributed by atoms with Gasteiger partial charge in [0.15, 0.2) is 0 Å². The predicted molar refractivity (Wildman–Crippen MR) is 134 cm³/mol. The average molecular weight is 477 g/mol. The van der Waals surface area contributed by atoms with Gasteiger partial charge in [0.05, 0.1) is 17.1 Å². The Morgan fingerprint density at radius 3 is 2.27 bits per heavy atom. The zero-order valence-electron chi connectivity index (χ0n) is 18.1. The first-order chi connectivity index (χ1) is 16.0. The van der Waals surface area contributed by atoms with Crippen LogP contribution in [-0.2, 0) is 14.8 Å². The molecule has 0 spiro atoms. The summed E-state index contributed by atoms with van der Waals surface area (Å²) in [6, 6.07) is 30.0. The number of sulfonamides is 1. The number of carbonyl (C=O) groups is 1. The van der Waals surface area contributed by atoms with Gasteiger partial charge in [0.25, 0.3) is 0 Å². The van der Waals surface area contributed by atoms with E-state index in [0.717, 1.165) is 20.6 Å². The Kier molecular flexibility index (Phi) is 7.13. The number of anilines is 1. The molecule has 5 nitrogen and oxygen atoms in total. The van der Waals surface area contributed by atoms with Crippen LogP contribution < -0.4 is 5.32 Å². The van der Waals surface area contributed by atoms with Gasteiger partial charge in [-0.2, -0.15) is 4.31 Å². The predicted octanol–water partition coefficient (Wildman–Crippen LogP) is 5.64. The third-order valence-electron chi connectivity index (χ3n) is 5.16. The molecule has 0 atom stereocenters. The Labute approximate surface area is 198 Å². The molecule has 0 fully saturated rings. The molecule has 168 valence electrons. The monoisotopic (exact) mass is 476 g/mol. The van der Waals surface area contributed by atoms with Gasteiger partial charge in [-0.15, -0.1) is 0 Å². The van der Waals surface area contributed by atoms with Crippen molar-refractivity contribution in [3.63, 3.8) is 0 Å². The fourth-order valence-electron chi connectivity index (χ4n) is 3.47. The van der Waals surface area contributed by atoms with Crippen LogP contribution in [0.4, 0.5) is 5.69 Å². The standard InChI is InChI=1S/C26H24N2O3S2/c1-2-28(33(30,31)23-17-16-20-10-6-7-11-21(20)18-23)19-26(29)27-24-14-8-9-15-25(24)32-22-12-4-3-5-13-22/h3-18H,2,19H2,1H3,(H,27,29). The molecule has 33 heavy (non-hydrogen) atoms. The molecular weight excluding hydrogens is 452 g/mol. The topological polar surface area (TPSA) is 66.5 Å². The second kappa shape index (κ2) is 10.2. The Hall–Kier alpha value is -3.13. The zero-order valence-corrected chi connectivity index (χ0v) is 19.8. The van der Waals surface area contributed by atoms with Crippen molar-refractivity contribution in [2.45, 2.75) is 21.6 Å². The minimum Gasteiger partial charge on any atom is -0.324 e. The summed E-state index contributed by atoms with van der Waals surface area (Å²) >= 11 is 1.54. The number of rotatable bonds is 8. The molecule has 4 aromatic rings. The highest BCUT2D eigenvalue weighted by Crippen LogP contribution is 2.33. The van der Waals surface area contributed by atoms with Crippen LogP contribution in [0.1, 0.15) is 6.92 Å². The van der Waals surface area contributed by atoms with E-state index in [2.05, 4.69) is 5.32 Å². The van der Waals surface area contributed by atoms with E-state index in [1.54, 1.807) is 25.1 Å². The lowest BCUT2D eigenvalue weighted by molar-refractivity contribution is -0.116. The zero-order chi connectivity index (χ0) is 23.3. The number of fused-ring (bicyclic) bond motifs is 1. The van der Waals surface area contributed by atoms with E-state index >= 15 is 0 Å². The first-order valence-electron chi connectivity index (χ1n) is 10.6. The SMILES string of the molecule is CCN(CC(=O)Nc1ccccc1Sc1ccccc1)S(=O)(=O)c1ccc2ccccc2c1. The smallest absolute Gasteiger partial charge is 0.243 e. The number of hydrogen-bond donors (Lipinski definition) is 1. The quantitative estimate of drug-likeness (QED) is 0.357. The van der Waals surface area contributed by atoms with Crippen LogP contribution in [0, 0.1) is 0 Å². The third-order valence-corrected chi connectivity index (χ3v) is 8.16. The van der Waals surface area contributed by atoms with Crippen molar-refractivity contribution in [1.82, 2.24) is 4.31 Å². The fraction of sp³-hybridized carbons (Fsp3) is 0.115. The number of amides is 1. The summed E-state index contributed by atoms with van der Waals surface area (Å²) < 4.78 is 27.7. The van der Waals surface area contributed by atoms with Crippen LogP contribution in [0.15, 0.2) is 112 Å². The lowest BCUT2D eigenvalue weighted by Crippen LogP contribution is -2.37. The lowest BCUT2D eigenvalue weighted by atomic mass is 10.1. The Balaban J connectivity index is 1.51. The van der Waals surface area contributed by atoms with Gasteiger partial charge in [-0.1, -0.05) is 79.3 Å². The molecule has 0 aliphatic carbocycles. The second-order valence-corrected chi connectivity index (χ2v) is 10.5. The van der Waals surface area contributed by atoms with Gasteiger partial charge >= 0.3 is 0 Å². The number of benzene rings is 4. The van der Waals surface area contributed by atoms with Gasteiger partial charge in [0.1, 0.15) is 0 Å². The molecular formula is C26H24N2O3S2. The Morgan fingerprint density at radius 1 is 0.848 bits per heavy atom. The van der Waals surface area contributed by atoms with Crippen molar-refractivity contribution in [3.8, 4) is 0 Å². The van der Waals surface area contributed by atoms with E-state index < -0.39 is 10.0 Å². The van der Waals surface area contributed by atoms with Crippen LogP contribution in [0.25, 0.3) is 10.8 Å². The van der Waals surface area contributed by atoms with Crippen LogP contribution in [0.2, 0.25) is 0 Å². The summed E-state index contributed by atoms with van der Waals surface area (Å²) in [6.07, 6.45) is 0. The summed E-state index contributed by atoms with van der Waals surface area (Å²) in [5.74, 6) is -0.387. The van der Waals surface area contributed by atoms with E-state index in [-0.39, 0.29) is 23.9 Å². The summed E-state index contributed by atoms with van der Waals surface area (Å²) in [4.78, 5) is 15.0. The largest absolute Gasteiger partial charge is 0.324 e. The third kappa shape index (κ3) is 5.45. The van der Waals surface area contributed by atoms with Crippen molar-refractivity contribution in [2.24, 2.45) is 0 Å². The maximum absolute atomic E-state index is 13.2. The van der Waals surface area contributed by atoms with E-state index in [9.17, 15) is 13.2 Å². The molecule has 0 saturated heterocycles. The number of nitrogens with one attached hydrogen (secondary N) is 1. The molecule has 0 unspecified atom stereocenters. The van der Waals surface area contributed by atoms with Crippen LogP contribution >= 0.6 is 11.8 Å². The Bertz CT molecular complexity index is 1370. The van der Waals surface area contributed by atoms with Crippen molar-refractivity contribution in [2.75, 3.05) is 18.4 Å². The molecule has 1 N–H and O–H groups in total. The molecule has 0 heterocycles. The maximum atomic E-state index is 13.2. The minimum absolute atomic E-state index is 0.177. The van der Waals surface area contributed by atoms with Crippen molar-refractivity contribution >= 4 is 44.2 Å². The van der Waals surface area contributed by atoms with Crippen LogP contribution in [0.3, 0.4) is 0 Å². The van der Waals surface area contributed by atoms with Gasteiger partial charge in [-0.25, -0.2) is 8.42 Å². The fourth-order valence-corrected chi connectivity index (χ4v) is 5.83. The van der Waals surface area contributed by atoms with Crippen molar-refractivity contribution in [3.05, 3.63) is 97.1 Å². The maximum Gasteiger partial charge on any atom is 0.243 e. The molecule has 0 saturated carbocycles. The second-order valence-electron chi connectivity index (χ2n) is 7.40. The van der Waals surface area contributed by atoms with Gasteiger partial charge in [0, 0.05) is 16.3 Å². The minimum atomic E-state index is -3.82. The molecule has 7 heteroatoms. The Morgan fingerprint density at radius 2 is 1.52 bits per heavy atom. The first-order valence-corrected chi connectivity index (χ1v) is 12.8. The van der Waals surface area contributed by atoms with Gasteiger partial charge < -0.3 is 5.32 Å². The number of para-hydroxylation sites is 1. The molecule has 0 aromatic heterocycles. The number of nitrogens with zero attached hydrogens (tertiary/aromatic N) is 1. The van der Waals surface area contributed by atoms with Crippen LogP contribution in [0.5, 0.6) is 0 Å². The lowest BCUT2D eigenvalue weighted by Gasteiger charge is -2.21. The first kappa shape index (κ1) is 23.0. The highest BCUT2D eigenvalue weighted by Gasteiger charge is 2.25. The van der Waals surface area contributed by atoms with Crippen LogP contribution in [-0.4, -0.2) is 31.7 Å². The highest BCUT2D eigenvalue weighted by atomic mass is 32.2. The summed E-state index contributed by atoms with van der Waals surface area (Å²) in [6.45, 7) is 1.64. The molecule has 4 aromatic carbocycles. The molecule has 1 amide bonds. The molecule has 4 rings (SSSR count). The summed E-state index contributed by atoms with van der Waals surface area (Å²) in [5.41, 5.74) is 0.649. The van der Waals surface area contributed by atoms with Gasteiger partial charge in [0.2, 0.25) is 15.9 Å². The highest BCUT2D eigenvalue weighted by molar-refractivity contribution is 7.99. The average Bonchev–Trinajstić information content (AvgIpc) is 2.84. The van der Waals surface area contributed by atoms with E-state index in [1.165, 1.54) is 16.1 Å². The van der Waals surface area contributed by atoms with Gasteiger partial charge in [-0.05, 0) is 47.2 Å². The number of hydrogen-bond acceptors (Lipinski definition) is 4.